The van der Waals surface area contributed by atoms with E-state index in [4.69, 9.17) is 0 Å². The van der Waals surface area contributed by atoms with Crippen LogP contribution in [0, 0.1) is 0 Å². The molecule has 0 bridgehead atoms. The van der Waals surface area contributed by atoms with Crippen LogP contribution in [0.2, 0.25) is 0 Å². The summed E-state index contributed by atoms with van der Waals surface area (Å²) < 4.78 is 1.76. The molecule has 0 radical (unpaired) electrons. The topological polar surface area (TPSA) is 71.3 Å². The van der Waals surface area contributed by atoms with Gasteiger partial charge in [-0.15, -0.1) is 0 Å². The van der Waals surface area contributed by atoms with Crippen molar-refractivity contribution in [1.82, 2.24) is 20.4 Å². The van der Waals surface area contributed by atoms with Gasteiger partial charge in [-0.05, 0) is 6.42 Å². The molecule has 1 fully saturated rings. The van der Waals surface area contributed by atoms with Gasteiger partial charge in [0.1, 0.15) is 6.04 Å². The molecule has 1 aromatic rings. The maximum absolute atomic E-state index is 12.1. The number of rotatable bonds is 3. The summed E-state index contributed by atoms with van der Waals surface area (Å²) in [5.74, 6) is 0.490. The van der Waals surface area contributed by atoms with Crippen LogP contribution >= 0.6 is 0 Å². The number of amides is 1. The van der Waals surface area contributed by atoms with E-state index in [0.717, 1.165) is 17.7 Å². The van der Waals surface area contributed by atoms with Crippen LogP contribution in [0.5, 0.6) is 0 Å². The highest BCUT2D eigenvalue weighted by Gasteiger charge is 2.35. The van der Waals surface area contributed by atoms with Gasteiger partial charge in [0.2, 0.25) is 0 Å². The van der Waals surface area contributed by atoms with Crippen molar-refractivity contribution < 1.29 is 4.79 Å². The van der Waals surface area contributed by atoms with E-state index in [1.54, 1.807) is 4.68 Å². The molecule has 0 saturated carbocycles. The molecule has 2 rings (SSSR count). The smallest absolute Gasteiger partial charge is 0.254 e. The predicted octanol–water partition coefficient (Wildman–Crippen LogP) is 1.24. The Morgan fingerprint density at radius 3 is 2.75 bits per heavy atom. The minimum Gasteiger partial charge on any atom is -0.340 e. The molecule has 0 aliphatic carbocycles. The molecule has 0 aromatic carbocycles. The summed E-state index contributed by atoms with van der Waals surface area (Å²) in [6.07, 6.45) is 2.85. The van der Waals surface area contributed by atoms with Gasteiger partial charge < -0.3 is 5.32 Å². The maximum Gasteiger partial charge on any atom is 0.254 e. The number of carbonyl (C=O) groups is 1. The summed E-state index contributed by atoms with van der Waals surface area (Å²) in [4.78, 5) is 16.5. The average molecular weight is 277 g/mol. The highest BCUT2D eigenvalue weighted by Crippen LogP contribution is 2.29. The molecule has 110 valence electrons. The zero-order chi connectivity index (χ0) is 14.9. The van der Waals surface area contributed by atoms with E-state index in [1.807, 2.05) is 13.2 Å². The first kappa shape index (κ1) is 14.6. The van der Waals surface area contributed by atoms with E-state index in [9.17, 15) is 4.79 Å². The molecule has 1 amide bonds. The molecular formula is C14H23N5O. The van der Waals surface area contributed by atoms with Gasteiger partial charge in [0, 0.05) is 30.8 Å². The van der Waals surface area contributed by atoms with Crippen LogP contribution in [-0.4, -0.2) is 28.2 Å². The molecular weight excluding hydrogens is 254 g/mol. The monoisotopic (exact) mass is 277 g/mol. The summed E-state index contributed by atoms with van der Waals surface area (Å²) >= 11 is 0. The van der Waals surface area contributed by atoms with Crippen LogP contribution in [-0.2, 0) is 17.3 Å². The van der Waals surface area contributed by atoms with Gasteiger partial charge >= 0.3 is 0 Å². The number of guanidine groups is 1. The Balaban J connectivity index is 2.31. The Morgan fingerprint density at radius 1 is 1.45 bits per heavy atom. The fraction of sp³-hybridized carbons (Fsp3) is 0.643. The molecule has 1 aromatic heterocycles. The van der Waals surface area contributed by atoms with Crippen molar-refractivity contribution in [2.75, 3.05) is 6.54 Å². The molecule has 1 unspecified atom stereocenters. The minimum atomic E-state index is -0.409. The Labute approximate surface area is 119 Å². The lowest BCUT2D eigenvalue weighted by Gasteiger charge is -2.19. The zero-order valence-corrected chi connectivity index (χ0v) is 12.8. The maximum atomic E-state index is 12.1. The number of aromatic nitrogens is 2. The van der Waals surface area contributed by atoms with Gasteiger partial charge in [-0.25, -0.2) is 0 Å². The van der Waals surface area contributed by atoms with Crippen LogP contribution in [0.1, 0.15) is 51.4 Å². The quantitative estimate of drug-likeness (QED) is 0.873. The molecule has 1 aliphatic heterocycles. The van der Waals surface area contributed by atoms with Crippen molar-refractivity contribution in [3.05, 3.63) is 17.5 Å². The summed E-state index contributed by atoms with van der Waals surface area (Å²) in [6.45, 7) is 9.04. The Kier molecular flexibility index (Phi) is 3.83. The second-order valence-corrected chi connectivity index (χ2v) is 6.15. The lowest BCUT2D eigenvalue weighted by atomic mass is 9.87. The van der Waals surface area contributed by atoms with Crippen molar-refractivity contribution >= 4 is 11.9 Å². The van der Waals surface area contributed by atoms with Crippen molar-refractivity contribution in [1.29, 1.82) is 0 Å². The van der Waals surface area contributed by atoms with Gasteiger partial charge in [0.05, 0.1) is 5.69 Å². The van der Waals surface area contributed by atoms with Crippen molar-refractivity contribution in [2.45, 2.75) is 45.6 Å². The third-order valence-electron chi connectivity index (χ3n) is 3.16. The third kappa shape index (κ3) is 2.84. The van der Waals surface area contributed by atoms with Gasteiger partial charge in [-0.1, -0.05) is 27.7 Å². The normalized spacial score (nSPS) is 21.1. The van der Waals surface area contributed by atoms with Crippen molar-refractivity contribution in [3.8, 4) is 0 Å². The van der Waals surface area contributed by atoms with E-state index in [2.05, 4.69) is 48.4 Å². The Hall–Kier alpha value is -1.85. The first-order valence-electron chi connectivity index (χ1n) is 6.98. The van der Waals surface area contributed by atoms with Crippen LogP contribution in [0.15, 0.2) is 11.2 Å². The number of carbonyl (C=O) groups excluding carboxylic acids is 1. The lowest BCUT2D eigenvalue weighted by Crippen LogP contribution is -2.26. The summed E-state index contributed by atoms with van der Waals surface area (Å²) in [6, 6.07) is -0.409. The molecule has 0 spiro atoms. The number of aliphatic imine (C=N–C) groups is 1. The molecule has 2 heterocycles. The largest absolute Gasteiger partial charge is 0.340 e. The molecule has 1 atom stereocenters. The molecule has 20 heavy (non-hydrogen) atoms. The second-order valence-electron chi connectivity index (χ2n) is 6.15. The van der Waals surface area contributed by atoms with E-state index in [-0.39, 0.29) is 11.3 Å². The summed E-state index contributed by atoms with van der Waals surface area (Å²) in [7, 11) is 1.87. The van der Waals surface area contributed by atoms with E-state index in [1.165, 1.54) is 0 Å². The van der Waals surface area contributed by atoms with E-state index >= 15 is 0 Å². The van der Waals surface area contributed by atoms with Gasteiger partial charge in [0.25, 0.3) is 5.91 Å². The standard InChI is InChI=1S/C14H23N5O/c1-6-7-15-13-16-10(12(20)17-13)9-8-19(5)18-11(9)14(2,3)4/h8,10H,6-7H2,1-5H3,(H2,15,16,17,20). The molecule has 6 heteroatoms. The molecule has 1 aliphatic rings. The van der Waals surface area contributed by atoms with E-state index in [0.29, 0.717) is 12.5 Å². The number of hydrogen-bond donors (Lipinski definition) is 2. The van der Waals surface area contributed by atoms with Crippen LogP contribution < -0.4 is 10.6 Å². The number of aryl methyl sites for hydroxylation is 1. The fourth-order valence-corrected chi connectivity index (χ4v) is 2.26. The zero-order valence-electron chi connectivity index (χ0n) is 12.8. The SMILES string of the molecule is CCCN=C1NC(=O)C(c2cn(C)nc2C(C)(C)C)N1. The fourth-order valence-electron chi connectivity index (χ4n) is 2.26. The third-order valence-corrected chi connectivity index (χ3v) is 3.16. The molecule has 6 nitrogen and oxygen atoms in total. The Morgan fingerprint density at radius 2 is 2.15 bits per heavy atom. The number of hydrogen-bond acceptors (Lipinski definition) is 3. The van der Waals surface area contributed by atoms with Gasteiger partial charge in [0.15, 0.2) is 5.96 Å². The first-order chi connectivity index (χ1) is 9.32. The highest BCUT2D eigenvalue weighted by atomic mass is 16.2. The molecule has 2 N–H and O–H groups in total. The van der Waals surface area contributed by atoms with Crippen molar-refractivity contribution in [3.63, 3.8) is 0 Å². The second kappa shape index (κ2) is 5.26. The van der Waals surface area contributed by atoms with Gasteiger partial charge in [-0.2, -0.15) is 5.10 Å². The van der Waals surface area contributed by atoms with Crippen LogP contribution in [0.3, 0.4) is 0 Å². The summed E-state index contributed by atoms with van der Waals surface area (Å²) in [5.41, 5.74) is 1.74. The van der Waals surface area contributed by atoms with Gasteiger partial charge in [-0.3, -0.25) is 19.8 Å². The first-order valence-corrected chi connectivity index (χ1v) is 6.98. The average Bonchev–Trinajstić information content (AvgIpc) is 2.89. The van der Waals surface area contributed by atoms with Crippen LogP contribution in [0.25, 0.3) is 0 Å². The predicted molar refractivity (Wildman–Crippen MR) is 78.5 cm³/mol. The number of nitrogens with one attached hydrogen (secondary N) is 2. The highest BCUT2D eigenvalue weighted by molar-refractivity contribution is 6.06. The number of nitrogens with zero attached hydrogens (tertiary/aromatic N) is 3. The Bertz CT molecular complexity index is 538. The molecule has 1 saturated heterocycles. The van der Waals surface area contributed by atoms with E-state index < -0.39 is 6.04 Å². The lowest BCUT2D eigenvalue weighted by molar-refractivity contribution is -0.120. The van der Waals surface area contributed by atoms with Crippen molar-refractivity contribution in [2.24, 2.45) is 12.0 Å². The summed E-state index contributed by atoms with van der Waals surface area (Å²) in [5, 5.41) is 10.4. The minimum absolute atomic E-state index is 0.0710. The van der Waals surface area contributed by atoms with Crippen LogP contribution in [0.4, 0.5) is 0 Å².